The van der Waals surface area contributed by atoms with Crippen LogP contribution in [0.1, 0.15) is 17.3 Å². The zero-order valence-electron chi connectivity index (χ0n) is 16.4. The number of hydrogen-bond acceptors (Lipinski definition) is 8. The predicted octanol–water partition coefficient (Wildman–Crippen LogP) is 1.37. The van der Waals surface area contributed by atoms with Crippen molar-refractivity contribution in [1.82, 2.24) is 4.90 Å². The quantitative estimate of drug-likeness (QED) is 0.358. The van der Waals surface area contributed by atoms with E-state index in [4.69, 9.17) is 27.4 Å². The second-order valence-corrected chi connectivity index (χ2v) is 7.42. The van der Waals surface area contributed by atoms with Crippen molar-refractivity contribution >= 4 is 34.7 Å². The number of ketones is 2. The van der Waals surface area contributed by atoms with Crippen molar-refractivity contribution in [2.24, 2.45) is 17.6 Å². The second-order valence-electron chi connectivity index (χ2n) is 6.95. The highest BCUT2D eigenvalue weighted by Crippen LogP contribution is 2.32. The number of esters is 1. The molecule has 2 unspecified atom stereocenters. The Morgan fingerprint density at radius 2 is 2.13 bits per heavy atom. The fourth-order valence-electron chi connectivity index (χ4n) is 3.42. The smallest absolute Gasteiger partial charge is 0.344 e. The number of carbonyl (C=O) groups excluding carboxylic acids is 3. The number of benzene rings is 1. The lowest BCUT2D eigenvalue weighted by Gasteiger charge is -2.22. The minimum atomic E-state index is -0.580. The SMILES string of the molecule is CCOC(=O)COc1ccc(C(=O)CN2C=C3C=CC(C(N)=S)C(=O)C3C2)c(O)c1. The van der Waals surface area contributed by atoms with Crippen LogP contribution in [-0.4, -0.2) is 58.8 Å². The summed E-state index contributed by atoms with van der Waals surface area (Å²) >= 11 is 4.94. The fraction of sp³-hybridized carbons (Fsp3) is 0.333. The van der Waals surface area contributed by atoms with Gasteiger partial charge in [0.2, 0.25) is 0 Å². The molecular formula is C21H22N2O6S. The maximum Gasteiger partial charge on any atom is 0.344 e. The van der Waals surface area contributed by atoms with Gasteiger partial charge in [0.15, 0.2) is 18.2 Å². The number of allylic oxidation sites excluding steroid dienone is 1. The number of carbonyl (C=O) groups is 3. The minimum absolute atomic E-state index is 0.00452. The lowest BCUT2D eigenvalue weighted by molar-refractivity contribution is -0.145. The number of Topliss-reactive ketones (excluding diaryl/α,β-unsaturated/α-hetero) is 2. The number of nitrogens with zero attached hydrogens (tertiary/aromatic N) is 1. The van der Waals surface area contributed by atoms with E-state index in [2.05, 4.69) is 0 Å². The van der Waals surface area contributed by atoms with E-state index in [1.165, 1.54) is 18.2 Å². The first-order valence-corrected chi connectivity index (χ1v) is 9.82. The number of rotatable bonds is 8. The van der Waals surface area contributed by atoms with E-state index in [9.17, 15) is 19.5 Å². The molecule has 3 rings (SSSR count). The van der Waals surface area contributed by atoms with Gasteiger partial charge in [-0.2, -0.15) is 0 Å². The Labute approximate surface area is 178 Å². The van der Waals surface area contributed by atoms with Gasteiger partial charge in [0.05, 0.1) is 35.5 Å². The Morgan fingerprint density at radius 3 is 2.80 bits per heavy atom. The van der Waals surface area contributed by atoms with Crippen LogP contribution in [0, 0.1) is 11.8 Å². The van der Waals surface area contributed by atoms with Crippen LogP contribution in [0.25, 0.3) is 0 Å². The van der Waals surface area contributed by atoms with E-state index < -0.39 is 11.9 Å². The van der Waals surface area contributed by atoms with Gasteiger partial charge in [-0.25, -0.2) is 4.79 Å². The van der Waals surface area contributed by atoms with Gasteiger partial charge in [0, 0.05) is 18.8 Å². The van der Waals surface area contributed by atoms with Crippen LogP contribution in [0.2, 0.25) is 0 Å². The highest BCUT2D eigenvalue weighted by molar-refractivity contribution is 7.80. The van der Waals surface area contributed by atoms with Crippen molar-refractivity contribution in [3.05, 3.63) is 47.7 Å². The van der Waals surface area contributed by atoms with Gasteiger partial charge in [-0.1, -0.05) is 24.4 Å². The monoisotopic (exact) mass is 430 g/mol. The number of ether oxygens (including phenoxy) is 2. The van der Waals surface area contributed by atoms with Crippen LogP contribution in [0.3, 0.4) is 0 Å². The van der Waals surface area contributed by atoms with E-state index in [1.807, 2.05) is 6.08 Å². The second kappa shape index (κ2) is 9.08. The molecule has 0 amide bonds. The van der Waals surface area contributed by atoms with Crippen molar-refractivity contribution in [3.8, 4) is 11.5 Å². The number of thiocarbonyl (C=S) groups is 1. The minimum Gasteiger partial charge on any atom is -0.507 e. The molecule has 0 aromatic heterocycles. The summed E-state index contributed by atoms with van der Waals surface area (Å²) in [6, 6.07) is 4.20. The van der Waals surface area contributed by atoms with Crippen molar-refractivity contribution in [2.45, 2.75) is 6.92 Å². The summed E-state index contributed by atoms with van der Waals surface area (Å²) in [5.41, 5.74) is 6.55. The van der Waals surface area contributed by atoms with Crippen LogP contribution in [0.5, 0.6) is 11.5 Å². The molecule has 0 saturated heterocycles. The Kier molecular flexibility index (Phi) is 6.51. The third kappa shape index (κ3) is 4.68. The topological polar surface area (TPSA) is 119 Å². The first kappa shape index (κ1) is 21.5. The molecule has 1 aliphatic carbocycles. The summed E-state index contributed by atoms with van der Waals surface area (Å²) in [6.07, 6.45) is 5.26. The van der Waals surface area contributed by atoms with Gasteiger partial charge in [-0.3, -0.25) is 9.59 Å². The zero-order chi connectivity index (χ0) is 21.8. The Morgan fingerprint density at radius 1 is 1.37 bits per heavy atom. The maximum absolute atomic E-state index is 12.7. The van der Waals surface area contributed by atoms with Gasteiger partial charge in [0.1, 0.15) is 11.5 Å². The molecule has 1 heterocycles. The number of nitrogens with two attached hydrogens (primary N) is 1. The maximum atomic E-state index is 12.7. The van der Waals surface area contributed by atoms with Crippen molar-refractivity contribution in [1.29, 1.82) is 0 Å². The lowest BCUT2D eigenvalue weighted by Crippen LogP contribution is -2.37. The number of aromatic hydroxyl groups is 1. The first-order chi connectivity index (χ1) is 14.3. The molecule has 1 aromatic rings. The van der Waals surface area contributed by atoms with E-state index >= 15 is 0 Å². The summed E-state index contributed by atoms with van der Waals surface area (Å²) < 4.78 is 10.0. The molecule has 9 heteroatoms. The van der Waals surface area contributed by atoms with E-state index in [1.54, 1.807) is 24.1 Å². The molecule has 0 radical (unpaired) electrons. The van der Waals surface area contributed by atoms with Crippen molar-refractivity contribution in [2.75, 3.05) is 26.3 Å². The highest BCUT2D eigenvalue weighted by atomic mass is 32.1. The van der Waals surface area contributed by atoms with Gasteiger partial charge >= 0.3 is 5.97 Å². The number of hydrogen-bond donors (Lipinski definition) is 2. The predicted molar refractivity (Wildman–Crippen MR) is 112 cm³/mol. The van der Waals surface area contributed by atoms with Crippen LogP contribution in [-0.2, 0) is 14.3 Å². The molecule has 1 aliphatic heterocycles. The Balaban J connectivity index is 1.61. The summed E-state index contributed by atoms with van der Waals surface area (Å²) in [6.45, 7) is 1.99. The molecule has 30 heavy (non-hydrogen) atoms. The fourth-order valence-corrected chi connectivity index (χ4v) is 3.62. The molecule has 8 nitrogen and oxygen atoms in total. The molecular weight excluding hydrogens is 408 g/mol. The van der Waals surface area contributed by atoms with Gasteiger partial charge in [-0.05, 0) is 24.6 Å². The van der Waals surface area contributed by atoms with E-state index in [0.29, 0.717) is 6.54 Å². The van der Waals surface area contributed by atoms with Crippen LogP contribution in [0.4, 0.5) is 0 Å². The molecule has 158 valence electrons. The Hall–Kier alpha value is -3.20. The molecule has 0 spiro atoms. The summed E-state index contributed by atoms with van der Waals surface area (Å²) in [5.74, 6) is -1.88. The van der Waals surface area contributed by atoms with E-state index in [0.717, 1.165) is 5.57 Å². The first-order valence-electron chi connectivity index (χ1n) is 9.41. The van der Waals surface area contributed by atoms with Crippen LogP contribution >= 0.6 is 12.2 Å². The number of phenols is 1. The molecule has 1 aromatic carbocycles. The standard InChI is InChI=1S/C21H22N2O6S/c1-2-28-19(26)11-29-13-4-6-14(17(24)7-13)18(25)10-23-8-12-3-5-15(21(22)30)20(27)16(12)9-23/h3-8,15-16,24H,2,9-11H2,1H3,(H2,22,30). The third-order valence-corrected chi connectivity index (χ3v) is 5.12. The molecule has 2 aliphatic rings. The van der Waals surface area contributed by atoms with Crippen molar-refractivity contribution in [3.63, 3.8) is 0 Å². The lowest BCUT2D eigenvalue weighted by atomic mass is 9.83. The van der Waals surface area contributed by atoms with Crippen molar-refractivity contribution < 1.29 is 29.0 Å². The molecule has 0 bridgehead atoms. The largest absolute Gasteiger partial charge is 0.507 e. The normalized spacial score (nSPS) is 19.8. The molecule has 3 N–H and O–H groups in total. The molecule has 2 atom stereocenters. The van der Waals surface area contributed by atoms with Crippen LogP contribution < -0.4 is 10.5 Å². The van der Waals surface area contributed by atoms with Gasteiger partial charge in [-0.15, -0.1) is 0 Å². The number of phenolic OH excluding ortho intramolecular Hbond substituents is 1. The summed E-state index contributed by atoms with van der Waals surface area (Å²) in [7, 11) is 0. The zero-order valence-corrected chi connectivity index (χ0v) is 17.2. The third-order valence-electron chi connectivity index (χ3n) is 4.87. The van der Waals surface area contributed by atoms with Gasteiger partial charge in [0.25, 0.3) is 0 Å². The number of fused-ring (bicyclic) bond motifs is 1. The van der Waals surface area contributed by atoms with Gasteiger partial charge < -0.3 is 25.2 Å². The Bertz CT molecular complexity index is 955. The average Bonchev–Trinajstić information content (AvgIpc) is 3.10. The molecule has 0 fully saturated rings. The van der Waals surface area contributed by atoms with E-state index in [-0.39, 0.29) is 59.3 Å². The molecule has 0 saturated carbocycles. The highest BCUT2D eigenvalue weighted by Gasteiger charge is 2.37. The average molecular weight is 430 g/mol. The summed E-state index contributed by atoms with van der Waals surface area (Å²) in [5, 5.41) is 10.2. The van der Waals surface area contributed by atoms with Crippen LogP contribution in [0.15, 0.2) is 42.1 Å². The summed E-state index contributed by atoms with van der Waals surface area (Å²) in [4.78, 5) is 38.4.